The zero-order valence-electron chi connectivity index (χ0n) is 12.6. The average Bonchev–Trinajstić information content (AvgIpc) is 3.45. The monoisotopic (exact) mass is 320 g/mol. The summed E-state index contributed by atoms with van der Waals surface area (Å²) in [6, 6.07) is 17.5. The lowest BCUT2D eigenvalue weighted by Crippen LogP contribution is -2.03. The molecule has 1 fully saturated rings. The molecule has 2 aromatic carbocycles. The summed E-state index contributed by atoms with van der Waals surface area (Å²) in [6.07, 6.45) is 2.34. The van der Waals surface area contributed by atoms with Crippen LogP contribution in [0.4, 0.5) is 0 Å². The molecule has 1 heterocycles. The summed E-state index contributed by atoms with van der Waals surface area (Å²) < 4.78 is 0. The van der Waals surface area contributed by atoms with Crippen molar-refractivity contribution in [2.45, 2.75) is 23.8 Å². The largest absolute Gasteiger partial charge is 0.293 e. The van der Waals surface area contributed by atoms with Crippen LogP contribution in [0.2, 0.25) is 0 Å². The molecule has 4 rings (SSSR count). The van der Waals surface area contributed by atoms with E-state index < -0.39 is 0 Å². The van der Waals surface area contributed by atoms with E-state index in [9.17, 15) is 4.79 Å². The molecule has 0 amide bonds. The van der Waals surface area contributed by atoms with Gasteiger partial charge < -0.3 is 0 Å². The van der Waals surface area contributed by atoms with Gasteiger partial charge in [-0.2, -0.15) is 0 Å². The molecule has 0 bridgehead atoms. The first-order valence-corrected chi connectivity index (χ1v) is 8.77. The van der Waals surface area contributed by atoms with Crippen LogP contribution in [0.15, 0.2) is 59.6 Å². The second-order valence-corrected chi connectivity index (χ2v) is 6.72. The van der Waals surface area contributed by atoms with Crippen molar-refractivity contribution in [3.05, 3.63) is 66.0 Å². The van der Waals surface area contributed by atoms with Crippen LogP contribution in [0.1, 0.15) is 34.9 Å². The lowest BCUT2D eigenvalue weighted by Gasteiger charge is -2.07. The van der Waals surface area contributed by atoms with Gasteiger partial charge in [-0.3, -0.25) is 4.79 Å². The molecule has 1 aliphatic rings. The highest BCUT2D eigenvalue weighted by atomic mass is 32.2. The standard InChI is InChI=1S/C19H16N2OS/c22-17(13-6-2-1-3-7-13)12-23-19-15-8-4-5-9-16(15)20-18(21-19)14-10-11-14/h1-9,14H,10-12H2. The summed E-state index contributed by atoms with van der Waals surface area (Å²) in [4.78, 5) is 21.7. The molecule has 1 aromatic heterocycles. The molecule has 23 heavy (non-hydrogen) atoms. The summed E-state index contributed by atoms with van der Waals surface area (Å²) in [7, 11) is 0. The summed E-state index contributed by atoms with van der Waals surface area (Å²) in [5, 5.41) is 1.95. The van der Waals surface area contributed by atoms with E-state index in [1.165, 1.54) is 24.6 Å². The highest BCUT2D eigenvalue weighted by Gasteiger charge is 2.27. The molecule has 0 spiro atoms. The SMILES string of the molecule is O=C(CSc1nc(C2CC2)nc2ccccc12)c1ccccc1. The van der Waals surface area contributed by atoms with Crippen molar-refractivity contribution in [3.63, 3.8) is 0 Å². The van der Waals surface area contributed by atoms with Gasteiger partial charge in [0.25, 0.3) is 0 Å². The van der Waals surface area contributed by atoms with Gasteiger partial charge in [0.05, 0.1) is 11.3 Å². The Morgan fingerprint density at radius 2 is 1.74 bits per heavy atom. The van der Waals surface area contributed by atoms with E-state index >= 15 is 0 Å². The minimum Gasteiger partial charge on any atom is -0.293 e. The smallest absolute Gasteiger partial charge is 0.173 e. The van der Waals surface area contributed by atoms with E-state index in [1.807, 2.05) is 54.6 Å². The molecule has 0 unspecified atom stereocenters. The van der Waals surface area contributed by atoms with Crippen molar-refractivity contribution in [2.24, 2.45) is 0 Å². The Balaban J connectivity index is 1.61. The maximum Gasteiger partial charge on any atom is 0.173 e. The molecule has 114 valence electrons. The fourth-order valence-corrected chi connectivity index (χ4v) is 3.46. The third kappa shape index (κ3) is 3.13. The van der Waals surface area contributed by atoms with Crippen LogP contribution in [-0.2, 0) is 0 Å². The van der Waals surface area contributed by atoms with Crippen LogP contribution in [0.3, 0.4) is 0 Å². The third-order valence-corrected chi connectivity index (χ3v) is 4.95. The Morgan fingerprint density at radius 1 is 1.00 bits per heavy atom. The predicted molar refractivity (Wildman–Crippen MR) is 93.0 cm³/mol. The number of aromatic nitrogens is 2. The van der Waals surface area contributed by atoms with Crippen LogP contribution >= 0.6 is 11.8 Å². The molecule has 0 atom stereocenters. The van der Waals surface area contributed by atoms with Gasteiger partial charge in [-0.25, -0.2) is 9.97 Å². The number of hydrogen-bond acceptors (Lipinski definition) is 4. The zero-order chi connectivity index (χ0) is 15.6. The maximum atomic E-state index is 12.3. The second-order valence-electron chi connectivity index (χ2n) is 5.76. The number of Topliss-reactive ketones (excluding diaryl/α,β-unsaturated/α-hetero) is 1. The van der Waals surface area contributed by atoms with Crippen molar-refractivity contribution >= 4 is 28.4 Å². The number of carbonyl (C=O) groups excluding carboxylic acids is 1. The van der Waals surface area contributed by atoms with Crippen molar-refractivity contribution in [3.8, 4) is 0 Å². The molecule has 0 N–H and O–H groups in total. The third-order valence-electron chi connectivity index (χ3n) is 3.96. The lowest BCUT2D eigenvalue weighted by atomic mass is 10.2. The van der Waals surface area contributed by atoms with Crippen molar-refractivity contribution < 1.29 is 4.79 Å². The quantitative estimate of drug-likeness (QED) is 0.395. The zero-order valence-corrected chi connectivity index (χ0v) is 13.4. The Hall–Kier alpha value is -2.20. The van der Waals surface area contributed by atoms with Gasteiger partial charge in [0.1, 0.15) is 10.9 Å². The van der Waals surface area contributed by atoms with Gasteiger partial charge in [-0.15, -0.1) is 0 Å². The highest BCUT2D eigenvalue weighted by molar-refractivity contribution is 8.00. The minimum atomic E-state index is 0.131. The second kappa shape index (κ2) is 6.13. The fourth-order valence-electron chi connectivity index (χ4n) is 2.54. The van der Waals surface area contributed by atoms with E-state index in [2.05, 4.69) is 4.98 Å². The topological polar surface area (TPSA) is 42.9 Å². The van der Waals surface area contributed by atoms with Gasteiger partial charge >= 0.3 is 0 Å². The van der Waals surface area contributed by atoms with E-state index in [4.69, 9.17) is 4.98 Å². The maximum absolute atomic E-state index is 12.3. The van der Waals surface area contributed by atoms with Crippen molar-refractivity contribution in [1.82, 2.24) is 9.97 Å². The number of thioether (sulfide) groups is 1. The van der Waals surface area contributed by atoms with Gasteiger partial charge in [0, 0.05) is 16.9 Å². The number of fused-ring (bicyclic) bond motifs is 1. The molecule has 0 saturated heterocycles. The van der Waals surface area contributed by atoms with E-state index in [0.717, 1.165) is 27.3 Å². The van der Waals surface area contributed by atoms with Crippen LogP contribution in [-0.4, -0.2) is 21.5 Å². The van der Waals surface area contributed by atoms with E-state index in [-0.39, 0.29) is 5.78 Å². The molecule has 1 saturated carbocycles. The molecule has 1 aliphatic carbocycles. The number of benzene rings is 2. The molecule has 4 heteroatoms. The Morgan fingerprint density at radius 3 is 2.52 bits per heavy atom. The fraction of sp³-hybridized carbons (Fsp3) is 0.211. The highest BCUT2D eigenvalue weighted by Crippen LogP contribution is 2.39. The van der Waals surface area contributed by atoms with Gasteiger partial charge in [-0.05, 0) is 18.9 Å². The number of hydrogen-bond donors (Lipinski definition) is 0. The number of ketones is 1. The van der Waals surface area contributed by atoms with Crippen LogP contribution in [0.5, 0.6) is 0 Å². The molecular formula is C19H16N2OS. The van der Waals surface area contributed by atoms with Gasteiger partial charge in [0.15, 0.2) is 5.78 Å². The van der Waals surface area contributed by atoms with Gasteiger partial charge in [0.2, 0.25) is 0 Å². The Bertz CT molecular complexity index is 860. The van der Waals surface area contributed by atoms with Crippen molar-refractivity contribution in [1.29, 1.82) is 0 Å². The first-order chi connectivity index (χ1) is 11.3. The number of carbonyl (C=O) groups is 1. The van der Waals surface area contributed by atoms with Gasteiger partial charge in [-0.1, -0.05) is 60.3 Å². The first-order valence-electron chi connectivity index (χ1n) is 7.79. The first kappa shape index (κ1) is 14.4. The summed E-state index contributed by atoms with van der Waals surface area (Å²) in [5.74, 6) is 1.96. The Labute approximate surface area is 139 Å². The van der Waals surface area contributed by atoms with E-state index in [1.54, 1.807) is 0 Å². The predicted octanol–water partition coefficient (Wildman–Crippen LogP) is 4.48. The number of para-hydroxylation sites is 1. The summed E-state index contributed by atoms with van der Waals surface area (Å²) in [5.41, 5.74) is 1.72. The molecule has 3 aromatic rings. The molecule has 0 radical (unpaired) electrons. The average molecular weight is 320 g/mol. The molecule has 0 aliphatic heterocycles. The molecule has 3 nitrogen and oxygen atoms in total. The Kier molecular flexibility index (Phi) is 3.83. The number of rotatable bonds is 5. The van der Waals surface area contributed by atoms with Crippen LogP contribution in [0.25, 0.3) is 10.9 Å². The summed E-state index contributed by atoms with van der Waals surface area (Å²) in [6.45, 7) is 0. The summed E-state index contributed by atoms with van der Waals surface area (Å²) >= 11 is 1.51. The minimum absolute atomic E-state index is 0.131. The van der Waals surface area contributed by atoms with Crippen LogP contribution in [0, 0.1) is 0 Å². The van der Waals surface area contributed by atoms with Crippen LogP contribution < -0.4 is 0 Å². The lowest BCUT2D eigenvalue weighted by molar-refractivity contribution is 0.102. The molecular weight excluding hydrogens is 304 g/mol. The van der Waals surface area contributed by atoms with E-state index in [0.29, 0.717) is 11.7 Å². The normalized spacial score (nSPS) is 14.1. The number of nitrogens with zero attached hydrogens (tertiary/aromatic N) is 2. The van der Waals surface area contributed by atoms with Crippen molar-refractivity contribution in [2.75, 3.05) is 5.75 Å².